The van der Waals surface area contributed by atoms with Gasteiger partial charge in [-0.2, -0.15) is 0 Å². The van der Waals surface area contributed by atoms with E-state index in [0.29, 0.717) is 5.76 Å². The highest BCUT2D eigenvalue weighted by Crippen LogP contribution is 2.08. The first kappa shape index (κ1) is 14.0. The van der Waals surface area contributed by atoms with Crippen molar-refractivity contribution in [2.75, 3.05) is 13.7 Å². The third-order valence-electron chi connectivity index (χ3n) is 2.31. The molecule has 1 aromatic heterocycles. The molecule has 2 amide bonds. The molecule has 0 aliphatic heterocycles. The first-order chi connectivity index (χ1) is 8.43. The predicted octanol–water partition coefficient (Wildman–Crippen LogP) is 0.175. The van der Waals surface area contributed by atoms with Crippen molar-refractivity contribution >= 4 is 12.0 Å². The summed E-state index contributed by atoms with van der Waals surface area (Å²) in [7, 11) is 1.50. The fraction of sp³-hybridized carbons (Fsp3) is 0.455. The number of carbonyl (C=O) groups is 2. The molecular weight excluding hydrogens is 240 g/mol. The molecule has 0 saturated carbocycles. The van der Waals surface area contributed by atoms with E-state index in [4.69, 9.17) is 14.6 Å². The Kier molecular flexibility index (Phi) is 4.73. The number of carboxylic acids is 1. The molecule has 0 aliphatic carbocycles. The molecule has 1 heterocycles. The molecule has 7 heteroatoms. The molecule has 18 heavy (non-hydrogen) atoms. The maximum atomic E-state index is 11.6. The molecule has 0 saturated heterocycles. The van der Waals surface area contributed by atoms with Crippen molar-refractivity contribution in [1.29, 1.82) is 0 Å². The highest BCUT2D eigenvalue weighted by molar-refractivity contribution is 5.82. The fourth-order valence-electron chi connectivity index (χ4n) is 1.32. The van der Waals surface area contributed by atoms with Gasteiger partial charge in [0.1, 0.15) is 11.5 Å². The van der Waals surface area contributed by atoms with Gasteiger partial charge in [-0.05, 0) is 19.1 Å². The fourth-order valence-corrected chi connectivity index (χ4v) is 1.32. The van der Waals surface area contributed by atoms with Crippen molar-refractivity contribution in [2.24, 2.45) is 0 Å². The lowest BCUT2D eigenvalue weighted by Gasteiger charge is -2.19. The number of nitrogens with one attached hydrogen (secondary N) is 1. The van der Waals surface area contributed by atoms with Crippen LogP contribution in [0.3, 0.4) is 0 Å². The zero-order valence-corrected chi connectivity index (χ0v) is 10.2. The van der Waals surface area contributed by atoms with Crippen LogP contribution in [0.5, 0.6) is 0 Å². The highest BCUT2D eigenvalue weighted by atomic mass is 16.4. The van der Waals surface area contributed by atoms with E-state index in [-0.39, 0.29) is 6.54 Å². The van der Waals surface area contributed by atoms with Crippen LogP contribution in [0.25, 0.3) is 0 Å². The quantitative estimate of drug-likeness (QED) is 0.697. The number of carbonyl (C=O) groups excluding carboxylic acids is 1. The summed E-state index contributed by atoms with van der Waals surface area (Å²) in [6.45, 7) is 1.35. The Morgan fingerprint density at radius 1 is 1.50 bits per heavy atom. The minimum atomic E-state index is -1.31. The molecule has 0 unspecified atom stereocenters. The van der Waals surface area contributed by atoms with Crippen LogP contribution in [-0.4, -0.2) is 46.8 Å². The molecule has 0 spiro atoms. The summed E-state index contributed by atoms with van der Waals surface area (Å²) in [6, 6.07) is 1.61. The van der Waals surface area contributed by atoms with Crippen molar-refractivity contribution in [3.8, 4) is 0 Å². The summed E-state index contributed by atoms with van der Waals surface area (Å²) in [6.07, 6.45) is 0. The van der Waals surface area contributed by atoms with Crippen LogP contribution < -0.4 is 5.32 Å². The standard InChI is InChI=1S/C11H16N2O5/c1-7-3-4-8(18-7)5-13(2)11(17)12-9(6-14)10(15)16/h3-4,9,14H,5-6H2,1-2H3,(H,12,17)(H,15,16)/t9-/m0/s1. The molecule has 1 rings (SSSR count). The van der Waals surface area contributed by atoms with Gasteiger partial charge in [0, 0.05) is 7.05 Å². The molecule has 0 radical (unpaired) electrons. The van der Waals surface area contributed by atoms with Gasteiger partial charge in [0.05, 0.1) is 13.2 Å². The van der Waals surface area contributed by atoms with Gasteiger partial charge in [-0.1, -0.05) is 0 Å². The minimum absolute atomic E-state index is 0.220. The molecule has 0 fully saturated rings. The molecule has 1 atom stereocenters. The maximum absolute atomic E-state index is 11.6. The van der Waals surface area contributed by atoms with Gasteiger partial charge in [-0.25, -0.2) is 9.59 Å². The summed E-state index contributed by atoms with van der Waals surface area (Å²) in [4.78, 5) is 23.5. The van der Waals surface area contributed by atoms with E-state index in [9.17, 15) is 9.59 Å². The number of rotatable bonds is 5. The molecule has 0 aliphatic rings. The first-order valence-corrected chi connectivity index (χ1v) is 5.34. The van der Waals surface area contributed by atoms with Crippen LogP contribution >= 0.6 is 0 Å². The molecule has 1 aromatic rings. The van der Waals surface area contributed by atoms with Crippen LogP contribution in [0, 0.1) is 6.92 Å². The van der Waals surface area contributed by atoms with Gasteiger partial charge >= 0.3 is 12.0 Å². The number of urea groups is 1. The molecule has 0 bridgehead atoms. The SMILES string of the molecule is Cc1ccc(CN(C)C(=O)N[C@@H](CO)C(=O)O)o1. The van der Waals surface area contributed by atoms with Gasteiger partial charge in [0.2, 0.25) is 0 Å². The maximum Gasteiger partial charge on any atom is 0.328 e. The molecule has 3 N–H and O–H groups in total. The lowest BCUT2D eigenvalue weighted by molar-refractivity contribution is -0.140. The number of furan rings is 1. The summed E-state index contributed by atoms with van der Waals surface area (Å²) in [5.41, 5.74) is 0. The molecule has 0 aromatic carbocycles. The first-order valence-electron chi connectivity index (χ1n) is 5.34. The van der Waals surface area contributed by atoms with E-state index in [1.54, 1.807) is 19.1 Å². The smallest absolute Gasteiger partial charge is 0.328 e. The zero-order chi connectivity index (χ0) is 13.7. The summed E-state index contributed by atoms with van der Waals surface area (Å²) < 4.78 is 5.30. The number of amides is 2. The largest absolute Gasteiger partial charge is 0.480 e. The van der Waals surface area contributed by atoms with E-state index < -0.39 is 24.6 Å². The van der Waals surface area contributed by atoms with E-state index in [1.807, 2.05) is 0 Å². The number of aryl methyl sites for hydroxylation is 1. The highest BCUT2D eigenvalue weighted by Gasteiger charge is 2.21. The lowest BCUT2D eigenvalue weighted by Crippen LogP contribution is -2.48. The number of hydrogen-bond donors (Lipinski definition) is 3. The Morgan fingerprint density at radius 3 is 2.61 bits per heavy atom. The number of aliphatic carboxylic acids is 1. The lowest BCUT2D eigenvalue weighted by atomic mass is 10.3. The Balaban J connectivity index is 2.53. The summed E-state index contributed by atoms with van der Waals surface area (Å²) >= 11 is 0. The number of hydrogen-bond acceptors (Lipinski definition) is 4. The van der Waals surface area contributed by atoms with Crippen LogP contribution in [0.2, 0.25) is 0 Å². The van der Waals surface area contributed by atoms with Crippen molar-refractivity contribution < 1.29 is 24.2 Å². The van der Waals surface area contributed by atoms with E-state index >= 15 is 0 Å². The van der Waals surface area contributed by atoms with Gasteiger partial charge in [-0.3, -0.25) is 0 Å². The number of aliphatic hydroxyl groups is 1. The van der Waals surface area contributed by atoms with Crippen molar-refractivity contribution in [3.63, 3.8) is 0 Å². The number of nitrogens with zero attached hydrogens (tertiary/aromatic N) is 1. The van der Waals surface area contributed by atoms with E-state index in [1.165, 1.54) is 11.9 Å². The molecule has 100 valence electrons. The minimum Gasteiger partial charge on any atom is -0.480 e. The predicted molar refractivity (Wildman–Crippen MR) is 62.0 cm³/mol. The average Bonchev–Trinajstić information content (AvgIpc) is 2.70. The van der Waals surface area contributed by atoms with Crippen LogP contribution in [0.4, 0.5) is 4.79 Å². The topological polar surface area (TPSA) is 103 Å². The second kappa shape index (κ2) is 6.06. The summed E-state index contributed by atoms with van der Waals surface area (Å²) in [5.74, 6) is 0.0479. The average molecular weight is 256 g/mol. The van der Waals surface area contributed by atoms with Gasteiger partial charge in [0.15, 0.2) is 6.04 Å². The normalized spacial score (nSPS) is 11.9. The second-order valence-corrected chi connectivity index (χ2v) is 3.89. The van der Waals surface area contributed by atoms with Crippen molar-refractivity contribution in [1.82, 2.24) is 10.2 Å². The Bertz CT molecular complexity index is 429. The van der Waals surface area contributed by atoms with Crippen LogP contribution in [-0.2, 0) is 11.3 Å². The van der Waals surface area contributed by atoms with Crippen LogP contribution in [0.1, 0.15) is 11.5 Å². The number of carboxylic acid groups (broad SMARTS) is 1. The third kappa shape index (κ3) is 3.77. The molecule has 7 nitrogen and oxygen atoms in total. The third-order valence-corrected chi connectivity index (χ3v) is 2.31. The van der Waals surface area contributed by atoms with Crippen molar-refractivity contribution in [2.45, 2.75) is 19.5 Å². The zero-order valence-electron chi connectivity index (χ0n) is 10.2. The van der Waals surface area contributed by atoms with Gasteiger partial charge in [-0.15, -0.1) is 0 Å². The van der Waals surface area contributed by atoms with Gasteiger partial charge < -0.3 is 24.8 Å². The van der Waals surface area contributed by atoms with Gasteiger partial charge in [0.25, 0.3) is 0 Å². The monoisotopic (exact) mass is 256 g/mol. The van der Waals surface area contributed by atoms with Crippen molar-refractivity contribution in [3.05, 3.63) is 23.7 Å². The Labute approximate surface area is 104 Å². The second-order valence-electron chi connectivity index (χ2n) is 3.89. The molecular formula is C11H16N2O5. The number of aliphatic hydroxyl groups excluding tert-OH is 1. The van der Waals surface area contributed by atoms with E-state index in [0.717, 1.165) is 5.76 Å². The van der Waals surface area contributed by atoms with Crippen LogP contribution in [0.15, 0.2) is 16.5 Å². The Hall–Kier alpha value is -2.02. The van der Waals surface area contributed by atoms with E-state index in [2.05, 4.69) is 5.32 Å². The summed E-state index contributed by atoms with van der Waals surface area (Å²) in [5, 5.41) is 19.7. The Morgan fingerprint density at radius 2 is 2.17 bits per heavy atom.